The molecular formula is C20H22N2O3. The van der Waals surface area contributed by atoms with Crippen molar-refractivity contribution in [2.45, 2.75) is 18.3 Å². The Morgan fingerprint density at radius 2 is 1.84 bits per heavy atom. The van der Waals surface area contributed by atoms with Gasteiger partial charge >= 0.3 is 0 Å². The third kappa shape index (κ3) is 3.07. The highest BCUT2D eigenvalue weighted by Gasteiger charge is 2.37. The van der Waals surface area contributed by atoms with E-state index in [1.54, 1.807) is 7.11 Å². The number of hydrogen-bond acceptors (Lipinski definition) is 5. The molecule has 0 radical (unpaired) electrons. The molecule has 130 valence electrons. The maximum absolute atomic E-state index is 5.81. The number of nitrogens with one attached hydrogen (secondary N) is 1. The fourth-order valence-electron chi connectivity index (χ4n) is 3.58. The van der Waals surface area contributed by atoms with Gasteiger partial charge in [-0.25, -0.2) is 0 Å². The molecule has 2 aromatic carbocycles. The maximum atomic E-state index is 5.81. The lowest BCUT2D eigenvalue weighted by Crippen LogP contribution is -2.40. The SMILES string of the molecule is COc1ccccc1C1(CNc2nc3ccccc3o2)CCOCC1. The van der Waals surface area contributed by atoms with Crippen molar-refractivity contribution in [2.75, 3.05) is 32.2 Å². The molecule has 0 bridgehead atoms. The number of nitrogens with zero attached hydrogens (tertiary/aromatic N) is 1. The minimum absolute atomic E-state index is 0.0640. The van der Waals surface area contributed by atoms with Crippen LogP contribution in [0.3, 0.4) is 0 Å². The van der Waals surface area contributed by atoms with E-state index in [2.05, 4.69) is 22.4 Å². The number of ether oxygens (including phenoxy) is 2. The van der Waals surface area contributed by atoms with E-state index >= 15 is 0 Å². The number of benzene rings is 2. The molecule has 5 nitrogen and oxygen atoms in total. The first-order chi connectivity index (χ1) is 12.3. The van der Waals surface area contributed by atoms with E-state index in [0.29, 0.717) is 6.01 Å². The molecule has 1 N–H and O–H groups in total. The number of para-hydroxylation sites is 3. The van der Waals surface area contributed by atoms with Crippen LogP contribution >= 0.6 is 0 Å². The maximum Gasteiger partial charge on any atom is 0.295 e. The van der Waals surface area contributed by atoms with Gasteiger partial charge in [0.25, 0.3) is 6.01 Å². The number of hydrogen-bond donors (Lipinski definition) is 1. The van der Waals surface area contributed by atoms with Crippen LogP contribution in [0.25, 0.3) is 11.1 Å². The Labute approximate surface area is 147 Å². The number of methoxy groups -OCH3 is 1. The lowest BCUT2D eigenvalue weighted by Gasteiger charge is -2.38. The Hall–Kier alpha value is -2.53. The highest BCUT2D eigenvalue weighted by Crippen LogP contribution is 2.40. The summed E-state index contributed by atoms with van der Waals surface area (Å²) in [7, 11) is 1.72. The molecule has 2 heterocycles. The summed E-state index contributed by atoms with van der Waals surface area (Å²) in [5.41, 5.74) is 2.81. The molecule has 3 aromatic rings. The molecule has 1 aromatic heterocycles. The van der Waals surface area contributed by atoms with Gasteiger partial charge in [0.1, 0.15) is 11.3 Å². The first-order valence-corrected chi connectivity index (χ1v) is 8.61. The molecule has 4 rings (SSSR count). The first kappa shape index (κ1) is 16.0. The minimum atomic E-state index is -0.0640. The third-order valence-electron chi connectivity index (χ3n) is 5.00. The summed E-state index contributed by atoms with van der Waals surface area (Å²) < 4.78 is 17.0. The predicted octanol–water partition coefficient (Wildman–Crippen LogP) is 4.00. The van der Waals surface area contributed by atoms with Gasteiger partial charge in [0.2, 0.25) is 0 Å². The third-order valence-corrected chi connectivity index (χ3v) is 5.00. The summed E-state index contributed by atoms with van der Waals surface area (Å²) in [5, 5.41) is 3.41. The van der Waals surface area contributed by atoms with Gasteiger partial charge in [-0.3, -0.25) is 0 Å². The number of fused-ring (bicyclic) bond motifs is 1. The van der Waals surface area contributed by atoms with E-state index in [4.69, 9.17) is 13.9 Å². The largest absolute Gasteiger partial charge is 0.496 e. The Morgan fingerprint density at radius 3 is 2.64 bits per heavy atom. The number of rotatable bonds is 5. The summed E-state index contributed by atoms with van der Waals surface area (Å²) in [4.78, 5) is 4.52. The van der Waals surface area contributed by atoms with Crippen LogP contribution < -0.4 is 10.1 Å². The van der Waals surface area contributed by atoms with Crippen LogP contribution in [-0.4, -0.2) is 31.9 Å². The van der Waals surface area contributed by atoms with Crippen LogP contribution in [0.5, 0.6) is 5.75 Å². The van der Waals surface area contributed by atoms with Crippen molar-refractivity contribution in [2.24, 2.45) is 0 Å². The molecule has 1 aliphatic rings. The lowest BCUT2D eigenvalue weighted by molar-refractivity contribution is 0.0534. The molecule has 0 aliphatic carbocycles. The molecule has 1 aliphatic heterocycles. The lowest BCUT2D eigenvalue weighted by atomic mass is 9.73. The smallest absolute Gasteiger partial charge is 0.295 e. The Bertz CT molecular complexity index is 820. The van der Waals surface area contributed by atoms with E-state index in [0.717, 1.165) is 49.4 Å². The summed E-state index contributed by atoms with van der Waals surface area (Å²) in [6.45, 7) is 2.21. The van der Waals surface area contributed by atoms with E-state index in [1.807, 2.05) is 36.4 Å². The zero-order valence-corrected chi connectivity index (χ0v) is 14.3. The highest BCUT2D eigenvalue weighted by atomic mass is 16.5. The molecule has 0 spiro atoms. The van der Waals surface area contributed by atoms with Crippen LogP contribution in [-0.2, 0) is 10.2 Å². The average molecular weight is 338 g/mol. The molecule has 25 heavy (non-hydrogen) atoms. The van der Waals surface area contributed by atoms with Crippen LogP contribution in [0.4, 0.5) is 6.01 Å². The monoisotopic (exact) mass is 338 g/mol. The van der Waals surface area contributed by atoms with E-state index < -0.39 is 0 Å². The summed E-state index contributed by atoms with van der Waals surface area (Å²) in [5.74, 6) is 0.920. The number of anilines is 1. The predicted molar refractivity (Wildman–Crippen MR) is 97.2 cm³/mol. The minimum Gasteiger partial charge on any atom is -0.496 e. The summed E-state index contributed by atoms with van der Waals surface area (Å²) >= 11 is 0. The van der Waals surface area contributed by atoms with E-state index in [1.165, 1.54) is 5.56 Å². The molecule has 0 atom stereocenters. The van der Waals surface area contributed by atoms with Crippen molar-refractivity contribution >= 4 is 17.1 Å². The van der Waals surface area contributed by atoms with Crippen molar-refractivity contribution in [1.82, 2.24) is 4.98 Å². The Kier molecular flexibility index (Phi) is 4.32. The molecular weight excluding hydrogens is 316 g/mol. The van der Waals surface area contributed by atoms with Gasteiger partial charge in [0.15, 0.2) is 5.58 Å². The standard InChI is InChI=1S/C20H22N2O3/c1-23-17-8-4-2-6-15(17)20(10-12-24-13-11-20)14-21-19-22-16-7-3-5-9-18(16)25-19/h2-9H,10-14H2,1H3,(H,21,22). The molecule has 0 unspecified atom stereocenters. The van der Waals surface area contributed by atoms with Gasteiger partial charge < -0.3 is 19.2 Å². The van der Waals surface area contributed by atoms with Crippen molar-refractivity contribution in [3.8, 4) is 5.75 Å². The zero-order valence-electron chi connectivity index (χ0n) is 14.3. The molecule has 1 saturated heterocycles. The van der Waals surface area contributed by atoms with Crippen LogP contribution in [0.2, 0.25) is 0 Å². The van der Waals surface area contributed by atoms with Gasteiger partial charge in [-0.15, -0.1) is 0 Å². The van der Waals surface area contributed by atoms with Crippen molar-refractivity contribution in [1.29, 1.82) is 0 Å². The quantitative estimate of drug-likeness (QED) is 0.762. The van der Waals surface area contributed by atoms with Gasteiger partial charge in [-0.05, 0) is 31.0 Å². The van der Waals surface area contributed by atoms with Crippen molar-refractivity contribution in [3.63, 3.8) is 0 Å². The Balaban J connectivity index is 1.62. The highest BCUT2D eigenvalue weighted by molar-refractivity contribution is 5.74. The summed E-state index contributed by atoms with van der Waals surface area (Å²) in [6, 6.07) is 16.6. The zero-order chi connectivity index (χ0) is 17.1. The molecule has 0 amide bonds. The number of aromatic nitrogens is 1. The van der Waals surface area contributed by atoms with Gasteiger partial charge in [0.05, 0.1) is 7.11 Å². The summed E-state index contributed by atoms with van der Waals surface area (Å²) in [6.07, 6.45) is 1.86. The number of oxazole rings is 1. The first-order valence-electron chi connectivity index (χ1n) is 8.61. The molecule has 1 fully saturated rings. The van der Waals surface area contributed by atoms with Crippen LogP contribution in [0.15, 0.2) is 52.9 Å². The van der Waals surface area contributed by atoms with Crippen LogP contribution in [0, 0.1) is 0 Å². The Morgan fingerprint density at radius 1 is 1.08 bits per heavy atom. The molecule has 5 heteroatoms. The van der Waals surface area contributed by atoms with E-state index in [-0.39, 0.29) is 5.41 Å². The molecule has 0 saturated carbocycles. The average Bonchev–Trinajstić information content (AvgIpc) is 3.10. The van der Waals surface area contributed by atoms with Crippen LogP contribution in [0.1, 0.15) is 18.4 Å². The van der Waals surface area contributed by atoms with Gasteiger partial charge in [-0.2, -0.15) is 4.98 Å². The van der Waals surface area contributed by atoms with Gasteiger partial charge in [-0.1, -0.05) is 30.3 Å². The second-order valence-electron chi connectivity index (χ2n) is 6.43. The topological polar surface area (TPSA) is 56.5 Å². The van der Waals surface area contributed by atoms with Crippen molar-refractivity contribution < 1.29 is 13.9 Å². The van der Waals surface area contributed by atoms with E-state index in [9.17, 15) is 0 Å². The fraction of sp³-hybridized carbons (Fsp3) is 0.350. The fourth-order valence-corrected chi connectivity index (χ4v) is 3.58. The van der Waals surface area contributed by atoms with Crippen molar-refractivity contribution in [3.05, 3.63) is 54.1 Å². The second-order valence-corrected chi connectivity index (χ2v) is 6.43. The second kappa shape index (κ2) is 6.76. The van der Waals surface area contributed by atoms with Gasteiger partial charge in [0, 0.05) is 30.7 Å². The normalized spacial score (nSPS) is 16.7.